The van der Waals surface area contributed by atoms with E-state index in [0.717, 1.165) is 12.0 Å². The van der Waals surface area contributed by atoms with Gasteiger partial charge in [-0.05, 0) is 116 Å². The Bertz CT molecular complexity index is 3310. The first kappa shape index (κ1) is 91.4. The maximum absolute atomic E-state index is 15.5. The second kappa shape index (κ2) is 35.3. The number of carbonyl (C=O) groups excluding carboxylic acids is 1. The zero-order valence-corrected chi connectivity index (χ0v) is 66.1. The molecule has 0 aromatic rings. The van der Waals surface area contributed by atoms with E-state index >= 15 is 4.79 Å². The van der Waals surface area contributed by atoms with Crippen molar-refractivity contribution in [1.82, 2.24) is 0 Å². The Kier molecular flexibility index (Phi) is 27.8. The minimum atomic E-state index is -2.17. The van der Waals surface area contributed by atoms with Gasteiger partial charge in [-0.2, -0.15) is 0 Å². The van der Waals surface area contributed by atoms with Gasteiger partial charge in [-0.25, -0.2) is 0 Å². The topological polar surface area (TPSA) is 630 Å². The third kappa shape index (κ3) is 16.3. The highest BCUT2D eigenvalue weighted by atomic mass is 16.8. The quantitative estimate of drug-likeness (QED) is 0.0288. The molecule has 12 fully saturated rings. The molecule has 8 heterocycles. The number of aliphatic hydroxyl groups excluding tert-OH is 23. The average molecular weight is 1680 g/mol. The van der Waals surface area contributed by atoms with Crippen molar-refractivity contribution < 1.29 is 198 Å². The second-order valence-corrected chi connectivity index (χ2v) is 36.6. The van der Waals surface area contributed by atoms with Gasteiger partial charge in [0, 0.05) is 0 Å². The highest BCUT2D eigenvalue weighted by Gasteiger charge is 2.71. The lowest BCUT2D eigenvalue weighted by Crippen LogP contribution is -2.68. The van der Waals surface area contributed by atoms with Crippen molar-refractivity contribution in [3.8, 4) is 0 Å². The van der Waals surface area contributed by atoms with E-state index in [4.69, 9.17) is 75.8 Å². The molecule has 23 N–H and O–H groups in total. The lowest BCUT2D eigenvalue weighted by Gasteiger charge is -2.71. The Morgan fingerprint density at radius 2 is 0.879 bits per heavy atom. The number of hydrogen-bond acceptors (Lipinski definition) is 40. The number of carbonyl (C=O) groups is 1. The molecule has 8 aliphatic heterocycles. The first-order valence-corrected chi connectivity index (χ1v) is 40.6. The molecule has 116 heavy (non-hydrogen) atoms. The number of aliphatic hydroxyl groups is 23. The van der Waals surface area contributed by atoms with Crippen LogP contribution in [0.2, 0.25) is 0 Å². The van der Waals surface area contributed by atoms with Crippen LogP contribution in [-0.2, 0) is 80.6 Å². The molecular weight excluding hydrogens is 1550 g/mol. The molecular formula is C76H124O40. The summed E-state index contributed by atoms with van der Waals surface area (Å²) >= 11 is 0. The van der Waals surface area contributed by atoms with E-state index in [0.29, 0.717) is 57.8 Å². The predicted octanol–water partition coefficient (Wildman–Crippen LogP) is -8.43. The minimum Gasteiger partial charge on any atom is -0.432 e. The largest absolute Gasteiger partial charge is 0.432 e. The van der Waals surface area contributed by atoms with Gasteiger partial charge in [0.15, 0.2) is 44.0 Å². The van der Waals surface area contributed by atoms with Crippen molar-refractivity contribution in [2.24, 2.45) is 50.2 Å². The van der Waals surface area contributed by atoms with E-state index in [1.165, 1.54) is 6.92 Å². The van der Waals surface area contributed by atoms with Crippen molar-refractivity contribution in [2.45, 2.75) is 359 Å². The number of ether oxygens (including phenoxy) is 16. The van der Waals surface area contributed by atoms with Gasteiger partial charge in [-0.1, -0.05) is 60.1 Å². The Morgan fingerprint density at radius 1 is 0.405 bits per heavy atom. The van der Waals surface area contributed by atoms with E-state index in [9.17, 15) is 117 Å². The summed E-state index contributed by atoms with van der Waals surface area (Å²) in [6, 6.07) is 0. The molecule has 8 saturated heterocycles. The number of rotatable bonds is 21. The van der Waals surface area contributed by atoms with Crippen LogP contribution in [0.25, 0.3) is 0 Å². The summed E-state index contributed by atoms with van der Waals surface area (Å²) in [7, 11) is 0. The van der Waals surface area contributed by atoms with E-state index in [-0.39, 0.29) is 34.0 Å². The number of esters is 1. The summed E-state index contributed by atoms with van der Waals surface area (Å²) in [4.78, 5) is 15.5. The Labute approximate surface area is 669 Å². The van der Waals surface area contributed by atoms with Crippen LogP contribution in [0, 0.1) is 50.2 Å². The second-order valence-electron chi connectivity index (χ2n) is 36.6. The molecule has 0 bridgehead atoms. The molecule has 4 saturated carbocycles. The first-order valence-electron chi connectivity index (χ1n) is 40.6. The maximum atomic E-state index is 15.5. The highest BCUT2D eigenvalue weighted by Crippen LogP contribution is 2.76. The highest BCUT2D eigenvalue weighted by molar-refractivity contribution is 5.79. The lowest BCUT2D eigenvalue weighted by molar-refractivity contribution is -0.398. The Morgan fingerprint density at radius 3 is 1.50 bits per heavy atom. The Balaban J connectivity index is 0.697. The van der Waals surface area contributed by atoms with Gasteiger partial charge < -0.3 is 193 Å². The summed E-state index contributed by atoms with van der Waals surface area (Å²) < 4.78 is 95.8. The summed E-state index contributed by atoms with van der Waals surface area (Å²) in [5, 5.41) is 252. The van der Waals surface area contributed by atoms with Crippen LogP contribution in [0.3, 0.4) is 0 Å². The standard InChI is InChI=1S/C76H124O40/c1-27-40(83)45(88)51(94)64(104-27)112-58-34(22-79)107-62(54(97)48(58)91)103-26-36-43(86)47(90)53(96)67(109-36)116-70(100)76-17-15-71(2,3)19-29(76)28-9-10-38-73(6)13-12-39(72(4,5)37(73)11-14-75(38,8)74(28,7)16-18-76)110-69-61(115-65-52(95)46(89)42(85)32(20-77)105-65)57(31(82)25-102-69)111-66-55(98)49(92)59(35(23-80)108-66)113-68-56(99)60(44(87)33(21-78)106-68)114-63-50(93)41(84)30(81)24-101-63/h9,27,29-69,77-99H,10-26H2,1-8H3/t27-,29-,30+,31-,32+,33+,34+,35+,36+,37-,38+,39-,40-,41-,42+,43+,44-,45+,46-,47-,48+,49+,50+,51+,52+,53+,54+,55+,56+,57-,58+,59+,60-,61+,62+,63-,64-,65-,66-,67-,68-,69-,73-,74+,75+,76-/m0/s1. The zero-order chi connectivity index (χ0) is 84.4. The summed E-state index contributed by atoms with van der Waals surface area (Å²) in [6.45, 7) is 11.5. The van der Waals surface area contributed by atoms with E-state index < -0.39 is 308 Å². The normalized spacial score (nSPS) is 54.2. The minimum absolute atomic E-state index is 0.0516. The smallest absolute Gasteiger partial charge is 0.315 e. The van der Waals surface area contributed by atoms with Crippen LogP contribution in [0.1, 0.15) is 120 Å². The fourth-order valence-electron chi connectivity index (χ4n) is 21.7. The summed E-state index contributed by atoms with van der Waals surface area (Å²) in [5.74, 6) is -1.05. The molecule has 46 atom stereocenters. The predicted molar refractivity (Wildman–Crippen MR) is 380 cm³/mol. The van der Waals surface area contributed by atoms with Gasteiger partial charge >= 0.3 is 5.97 Å². The van der Waals surface area contributed by atoms with Crippen LogP contribution < -0.4 is 0 Å². The van der Waals surface area contributed by atoms with Gasteiger partial charge in [0.1, 0.15) is 177 Å². The molecule has 0 spiro atoms. The third-order valence-electron chi connectivity index (χ3n) is 29.0. The fraction of sp³-hybridized carbons (Fsp3) is 0.961. The van der Waals surface area contributed by atoms with Crippen LogP contribution in [-0.4, -0.2) is 409 Å². The van der Waals surface area contributed by atoms with Crippen LogP contribution in [0.5, 0.6) is 0 Å². The van der Waals surface area contributed by atoms with Gasteiger partial charge in [-0.15, -0.1) is 0 Å². The van der Waals surface area contributed by atoms with Gasteiger partial charge in [0.05, 0.1) is 63.9 Å². The number of fused-ring (bicyclic) bond motifs is 7. The summed E-state index contributed by atoms with van der Waals surface area (Å²) in [6.07, 6.45) is -60.3. The zero-order valence-electron chi connectivity index (χ0n) is 66.1. The number of hydrogen-bond donors (Lipinski definition) is 23. The molecule has 0 aromatic heterocycles. The van der Waals surface area contributed by atoms with Crippen molar-refractivity contribution >= 4 is 5.97 Å². The van der Waals surface area contributed by atoms with Crippen LogP contribution in [0.15, 0.2) is 11.6 Å². The molecule has 40 nitrogen and oxygen atoms in total. The molecule has 0 aromatic carbocycles. The molecule has 13 aliphatic rings. The molecule has 40 heteroatoms. The molecule has 0 unspecified atom stereocenters. The van der Waals surface area contributed by atoms with Crippen molar-refractivity contribution in [1.29, 1.82) is 0 Å². The molecule has 0 radical (unpaired) electrons. The fourth-order valence-corrected chi connectivity index (χ4v) is 21.7. The number of allylic oxidation sites excluding steroid dienone is 2. The van der Waals surface area contributed by atoms with Gasteiger partial charge in [0.25, 0.3) is 0 Å². The van der Waals surface area contributed by atoms with Crippen molar-refractivity contribution in [3.05, 3.63) is 11.6 Å². The van der Waals surface area contributed by atoms with Crippen LogP contribution in [0.4, 0.5) is 0 Å². The third-order valence-corrected chi connectivity index (χ3v) is 29.0. The summed E-state index contributed by atoms with van der Waals surface area (Å²) in [5.41, 5.74) is -2.23. The average Bonchev–Trinajstić information content (AvgIpc) is 0.673. The lowest BCUT2D eigenvalue weighted by atomic mass is 9.33. The monoisotopic (exact) mass is 1680 g/mol. The van der Waals surface area contributed by atoms with Crippen LogP contribution >= 0.6 is 0 Å². The van der Waals surface area contributed by atoms with Crippen molar-refractivity contribution in [2.75, 3.05) is 46.2 Å². The van der Waals surface area contributed by atoms with Gasteiger partial charge in [-0.3, -0.25) is 4.79 Å². The van der Waals surface area contributed by atoms with E-state index in [1.54, 1.807) is 0 Å². The SMILES string of the molecule is C[C@@H]1O[C@@H](O[C@H]2[C@H](O)[C@@H](O)[C@H](OC[C@H]3O[C@@H](OC(=O)[C@]45CCC(C)(C)C[C@H]4C4=CC[C@@H]6[C@@]7(C)CC[C@H](O[C@@H]8OC[C@H](O)[C@H](O[C@@H]9O[C@H](CO)[C@@H](O[C@@H]%10O[C@H](CO)[C@H](O)[C@H](O[C@@H]%11OC[C@@H](O)[C@H](O)[C@H]%11O)[C@H]%10O)[C@H](O)[C@H]9O)[C@H]8O[C@@H]8O[C@H](CO)[C@@H](O)[C@H](O)[C@H]8O)C(C)(C)[C@@H]7CC[C@@]6(C)[C@]4(C)CC5)[C@H](O)[C@@H](O)[C@@H]3O)O[C@@H]2CO)[C@H](O)[C@H](O)[C@H]1O. The van der Waals surface area contributed by atoms with E-state index in [2.05, 4.69) is 54.5 Å². The maximum Gasteiger partial charge on any atom is 0.315 e. The first-order chi connectivity index (χ1) is 54.6. The Hall–Kier alpha value is -2.31. The molecule has 668 valence electrons. The van der Waals surface area contributed by atoms with E-state index in [1.807, 2.05) is 0 Å². The molecule has 13 rings (SSSR count). The van der Waals surface area contributed by atoms with Gasteiger partial charge in [0.2, 0.25) is 6.29 Å². The molecule has 5 aliphatic carbocycles. The van der Waals surface area contributed by atoms with Crippen molar-refractivity contribution in [3.63, 3.8) is 0 Å². The molecule has 0 amide bonds.